The Hall–Kier alpha value is -2.56. The monoisotopic (exact) mass is 251 g/mol. The van der Waals surface area contributed by atoms with Crippen LogP contribution in [0.3, 0.4) is 0 Å². The Labute approximate surface area is 111 Å². The van der Waals surface area contributed by atoms with E-state index in [1.807, 2.05) is 56.4 Å². The van der Waals surface area contributed by atoms with Crippen LogP contribution in [0.1, 0.15) is 11.4 Å². The van der Waals surface area contributed by atoms with Crippen LogP contribution < -0.4 is 0 Å². The summed E-state index contributed by atoms with van der Waals surface area (Å²) in [6.45, 7) is 3.88. The lowest BCUT2D eigenvalue weighted by Gasteiger charge is -2.01. The quantitative estimate of drug-likeness (QED) is 0.701. The molecule has 3 aromatic rings. The van der Waals surface area contributed by atoms with Crippen LogP contribution in [0.5, 0.6) is 0 Å². The maximum absolute atomic E-state index is 4.36. The molecule has 19 heavy (non-hydrogen) atoms. The number of hydrogen-bond acceptors (Lipinski definition) is 4. The second kappa shape index (κ2) is 4.61. The lowest BCUT2D eigenvalue weighted by molar-refractivity contribution is 0.746. The maximum Gasteiger partial charge on any atom is 0.252 e. The van der Waals surface area contributed by atoms with Crippen molar-refractivity contribution in [3.8, 4) is 17.2 Å². The number of aryl methyl sites for hydroxylation is 2. The molecular weight excluding hydrogens is 238 g/mol. The van der Waals surface area contributed by atoms with E-state index in [0.29, 0.717) is 5.95 Å². The highest BCUT2D eigenvalue weighted by Crippen LogP contribution is 2.16. The van der Waals surface area contributed by atoms with Crippen molar-refractivity contribution < 1.29 is 0 Å². The zero-order valence-corrected chi connectivity index (χ0v) is 10.8. The van der Waals surface area contributed by atoms with Gasteiger partial charge in [-0.3, -0.25) is 0 Å². The van der Waals surface area contributed by atoms with Crippen molar-refractivity contribution in [2.45, 2.75) is 13.8 Å². The van der Waals surface area contributed by atoms with Gasteiger partial charge >= 0.3 is 0 Å². The first kappa shape index (κ1) is 11.5. The zero-order valence-electron chi connectivity index (χ0n) is 10.8. The third kappa shape index (κ3) is 2.35. The minimum absolute atomic E-state index is 0.548. The van der Waals surface area contributed by atoms with E-state index in [1.165, 1.54) is 0 Å². The van der Waals surface area contributed by atoms with E-state index < -0.39 is 0 Å². The zero-order chi connectivity index (χ0) is 13.2. The highest BCUT2D eigenvalue weighted by atomic mass is 15.5. The molecule has 0 saturated carbocycles. The Morgan fingerprint density at radius 2 is 1.63 bits per heavy atom. The molecule has 0 amide bonds. The number of hydrogen-bond donors (Lipinski definition) is 0. The van der Waals surface area contributed by atoms with Gasteiger partial charge < -0.3 is 0 Å². The van der Waals surface area contributed by atoms with Crippen LogP contribution in [-0.2, 0) is 0 Å². The molecule has 0 N–H and O–H groups in total. The van der Waals surface area contributed by atoms with Gasteiger partial charge in [0.25, 0.3) is 5.95 Å². The van der Waals surface area contributed by atoms with Crippen LogP contribution in [0.2, 0.25) is 0 Å². The van der Waals surface area contributed by atoms with Crippen LogP contribution in [-0.4, -0.2) is 25.0 Å². The predicted octanol–water partition coefficient (Wildman–Crippen LogP) is 2.34. The summed E-state index contributed by atoms with van der Waals surface area (Å²) in [5, 5.41) is 8.24. The Morgan fingerprint density at radius 3 is 2.32 bits per heavy atom. The first-order valence-electron chi connectivity index (χ1n) is 6.03. The van der Waals surface area contributed by atoms with E-state index in [-0.39, 0.29) is 0 Å². The molecule has 1 aromatic carbocycles. The topological polar surface area (TPSA) is 56.5 Å². The van der Waals surface area contributed by atoms with Crippen LogP contribution in [0.4, 0.5) is 0 Å². The van der Waals surface area contributed by atoms with Crippen LogP contribution >= 0.6 is 0 Å². The summed E-state index contributed by atoms with van der Waals surface area (Å²) in [6, 6.07) is 11.8. The van der Waals surface area contributed by atoms with Gasteiger partial charge in [0.15, 0.2) is 0 Å². The number of benzene rings is 1. The lowest BCUT2D eigenvalue weighted by atomic mass is 10.2. The molecule has 5 nitrogen and oxygen atoms in total. The lowest BCUT2D eigenvalue weighted by Crippen LogP contribution is -2.04. The van der Waals surface area contributed by atoms with Crippen molar-refractivity contribution in [3.05, 3.63) is 54.0 Å². The predicted molar refractivity (Wildman–Crippen MR) is 71.9 cm³/mol. The maximum atomic E-state index is 4.36. The van der Waals surface area contributed by atoms with Gasteiger partial charge in [-0.25, -0.2) is 9.97 Å². The van der Waals surface area contributed by atoms with Crippen molar-refractivity contribution in [1.82, 2.24) is 25.0 Å². The third-order valence-electron chi connectivity index (χ3n) is 2.74. The van der Waals surface area contributed by atoms with E-state index in [1.54, 1.807) is 4.68 Å². The normalized spacial score (nSPS) is 10.6. The van der Waals surface area contributed by atoms with Gasteiger partial charge in [0.2, 0.25) is 0 Å². The second-order valence-corrected chi connectivity index (χ2v) is 4.37. The van der Waals surface area contributed by atoms with Crippen LogP contribution in [0, 0.1) is 13.8 Å². The number of aromatic nitrogens is 5. The molecule has 0 bridgehead atoms. The first-order valence-corrected chi connectivity index (χ1v) is 6.03. The molecule has 0 aliphatic carbocycles. The van der Waals surface area contributed by atoms with E-state index >= 15 is 0 Å². The minimum Gasteiger partial charge on any atom is -0.216 e. The molecule has 0 radical (unpaired) electrons. The molecule has 5 heteroatoms. The van der Waals surface area contributed by atoms with E-state index in [4.69, 9.17) is 0 Å². The summed E-state index contributed by atoms with van der Waals surface area (Å²) < 4.78 is 1.60. The molecule has 0 aliphatic rings. The molecule has 0 saturated heterocycles. The van der Waals surface area contributed by atoms with Gasteiger partial charge in [0, 0.05) is 17.0 Å². The molecular formula is C14H13N5. The summed E-state index contributed by atoms with van der Waals surface area (Å²) in [4.78, 5) is 8.72. The Bertz CT molecular complexity index is 683. The van der Waals surface area contributed by atoms with Gasteiger partial charge in [-0.2, -0.15) is 4.68 Å². The molecule has 0 unspecified atom stereocenters. The van der Waals surface area contributed by atoms with Crippen molar-refractivity contribution in [3.63, 3.8) is 0 Å². The highest BCUT2D eigenvalue weighted by Gasteiger charge is 2.07. The first-order chi connectivity index (χ1) is 9.22. The molecule has 3 rings (SSSR count). The fraction of sp³-hybridized carbons (Fsp3) is 0.143. The van der Waals surface area contributed by atoms with Gasteiger partial charge in [0.1, 0.15) is 5.69 Å². The largest absolute Gasteiger partial charge is 0.252 e. The van der Waals surface area contributed by atoms with Gasteiger partial charge in [-0.05, 0) is 19.9 Å². The number of nitrogens with zero attached hydrogens (tertiary/aromatic N) is 5. The highest BCUT2D eigenvalue weighted by molar-refractivity contribution is 5.57. The average Bonchev–Trinajstić information content (AvgIpc) is 2.88. The molecule has 0 fully saturated rings. The molecule has 0 aliphatic heterocycles. The summed E-state index contributed by atoms with van der Waals surface area (Å²) in [6.07, 6.45) is 1.84. The summed E-state index contributed by atoms with van der Waals surface area (Å²) >= 11 is 0. The average molecular weight is 251 g/mol. The Morgan fingerprint density at radius 1 is 0.947 bits per heavy atom. The van der Waals surface area contributed by atoms with Gasteiger partial charge in [0.05, 0.1) is 6.20 Å². The fourth-order valence-electron chi connectivity index (χ4n) is 1.91. The van der Waals surface area contributed by atoms with E-state index in [9.17, 15) is 0 Å². The SMILES string of the molecule is Cc1cc(C)nc(-n2cc(-c3ccccc3)nn2)n1. The molecule has 2 aromatic heterocycles. The van der Waals surface area contributed by atoms with Gasteiger partial charge in [-0.15, -0.1) is 5.10 Å². The Kier molecular flexibility index (Phi) is 2.79. The summed E-state index contributed by atoms with van der Waals surface area (Å²) in [5.74, 6) is 0.548. The van der Waals surface area contributed by atoms with Crippen molar-refractivity contribution in [2.24, 2.45) is 0 Å². The van der Waals surface area contributed by atoms with Crippen molar-refractivity contribution in [1.29, 1.82) is 0 Å². The summed E-state index contributed by atoms with van der Waals surface area (Å²) in [5.41, 5.74) is 3.67. The minimum atomic E-state index is 0.548. The second-order valence-electron chi connectivity index (χ2n) is 4.37. The van der Waals surface area contributed by atoms with Crippen LogP contribution in [0.15, 0.2) is 42.6 Å². The molecule has 2 heterocycles. The molecule has 94 valence electrons. The van der Waals surface area contributed by atoms with Crippen molar-refractivity contribution >= 4 is 0 Å². The van der Waals surface area contributed by atoms with Crippen LogP contribution in [0.25, 0.3) is 17.2 Å². The molecule has 0 spiro atoms. The van der Waals surface area contributed by atoms with Crippen molar-refractivity contribution in [2.75, 3.05) is 0 Å². The van der Waals surface area contributed by atoms with Gasteiger partial charge in [-0.1, -0.05) is 35.5 Å². The number of rotatable bonds is 2. The molecule has 0 atom stereocenters. The summed E-state index contributed by atoms with van der Waals surface area (Å²) in [7, 11) is 0. The fourth-order valence-corrected chi connectivity index (χ4v) is 1.91. The Balaban J connectivity index is 2.02. The van der Waals surface area contributed by atoms with E-state index in [0.717, 1.165) is 22.6 Å². The standard InChI is InChI=1S/C14H13N5/c1-10-8-11(2)16-14(15-10)19-9-13(17-18-19)12-6-4-3-5-7-12/h3-9H,1-2H3. The van der Waals surface area contributed by atoms with E-state index in [2.05, 4.69) is 20.3 Å². The smallest absolute Gasteiger partial charge is 0.216 e. The third-order valence-corrected chi connectivity index (χ3v) is 2.74.